The van der Waals surface area contributed by atoms with Gasteiger partial charge in [-0.1, -0.05) is 0 Å². The number of nitrogens with one attached hydrogen (secondary N) is 1. The molecule has 2 amide bonds. The lowest BCUT2D eigenvalue weighted by atomic mass is 10.1. The van der Waals surface area contributed by atoms with E-state index >= 15 is 0 Å². The molecule has 4 heterocycles. The first kappa shape index (κ1) is 11.5. The zero-order chi connectivity index (χ0) is 13.4. The van der Waals surface area contributed by atoms with Crippen molar-refractivity contribution in [2.75, 3.05) is 17.3 Å². The number of rotatable bonds is 0. The lowest BCUT2D eigenvalue weighted by molar-refractivity contribution is 0.0989. The quantitative estimate of drug-likeness (QED) is 0.783. The molecule has 4 bridgehead atoms. The van der Waals surface area contributed by atoms with Gasteiger partial charge in [-0.25, -0.2) is 0 Å². The maximum atomic E-state index is 12.3. The van der Waals surface area contributed by atoms with Gasteiger partial charge in [0.1, 0.15) is 0 Å². The molecule has 94 valence electrons. The van der Waals surface area contributed by atoms with E-state index in [4.69, 9.17) is 0 Å². The van der Waals surface area contributed by atoms with Gasteiger partial charge < -0.3 is 10.2 Å². The van der Waals surface area contributed by atoms with Gasteiger partial charge >= 0.3 is 0 Å². The Morgan fingerprint density at radius 3 is 2.05 bits per heavy atom. The minimum absolute atomic E-state index is 0.0970. The summed E-state index contributed by atoms with van der Waals surface area (Å²) < 4.78 is 0. The molecule has 0 saturated carbocycles. The molecule has 0 radical (unpaired) electrons. The van der Waals surface area contributed by atoms with E-state index in [0.717, 1.165) is 5.69 Å². The second-order valence-corrected chi connectivity index (χ2v) is 4.44. The third-order valence-electron chi connectivity index (χ3n) is 3.21. The minimum atomic E-state index is -0.180. The minimum Gasteiger partial charge on any atom is -0.322 e. The number of amides is 2. The highest BCUT2D eigenvalue weighted by Crippen LogP contribution is 2.21. The predicted octanol–water partition coefficient (Wildman–Crippen LogP) is 2.53. The van der Waals surface area contributed by atoms with Gasteiger partial charge in [-0.05, 0) is 48.5 Å². The van der Waals surface area contributed by atoms with Crippen molar-refractivity contribution in [1.82, 2.24) is 0 Å². The summed E-state index contributed by atoms with van der Waals surface area (Å²) >= 11 is 0. The molecular weight excluding hydrogens is 240 g/mol. The van der Waals surface area contributed by atoms with Gasteiger partial charge in [-0.2, -0.15) is 0 Å². The third kappa shape index (κ3) is 1.97. The van der Waals surface area contributed by atoms with Gasteiger partial charge in [0.15, 0.2) is 0 Å². The van der Waals surface area contributed by atoms with Crippen LogP contribution >= 0.6 is 0 Å². The largest absolute Gasteiger partial charge is 0.322 e. The van der Waals surface area contributed by atoms with Crippen LogP contribution in [0.2, 0.25) is 0 Å². The lowest BCUT2D eigenvalue weighted by Crippen LogP contribution is -2.26. The molecule has 2 aromatic carbocycles. The molecule has 0 unspecified atom stereocenters. The van der Waals surface area contributed by atoms with Gasteiger partial charge in [0.2, 0.25) is 0 Å². The van der Waals surface area contributed by atoms with Crippen LogP contribution in [0.5, 0.6) is 0 Å². The first-order valence-corrected chi connectivity index (χ1v) is 5.95. The highest BCUT2D eigenvalue weighted by molar-refractivity contribution is 6.08. The van der Waals surface area contributed by atoms with E-state index < -0.39 is 0 Å². The smallest absolute Gasteiger partial charge is 0.258 e. The molecule has 19 heavy (non-hydrogen) atoms. The van der Waals surface area contributed by atoms with E-state index in [9.17, 15) is 9.59 Å². The summed E-state index contributed by atoms with van der Waals surface area (Å²) in [7, 11) is 1.73. The van der Waals surface area contributed by atoms with Crippen molar-refractivity contribution in [3.63, 3.8) is 0 Å². The molecule has 6 rings (SSSR count). The number of hydrogen-bond acceptors (Lipinski definition) is 2. The van der Waals surface area contributed by atoms with Gasteiger partial charge in [0.05, 0.1) is 0 Å². The number of benzene rings is 2. The summed E-state index contributed by atoms with van der Waals surface area (Å²) in [6, 6.07) is 13.8. The van der Waals surface area contributed by atoms with Crippen molar-refractivity contribution in [2.45, 2.75) is 0 Å². The molecule has 4 aliphatic heterocycles. The molecular formula is C15H12N2O2. The number of carbonyl (C=O) groups excluding carboxylic acids is 2. The molecule has 4 nitrogen and oxygen atoms in total. The Morgan fingerprint density at radius 2 is 1.42 bits per heavy atom. The van der Waals surface area contributed by atoms with Crippen LogP contribution in [0.25, 0.3) is 0 Å². The van der Waals surface area contributed by atoms with Crippen LogP contribution < -0.4 is 10.2 Å². The van der Waals surface area contributed by atoms with E-state index in [0.29, 0.717) is 16.8 Å². The summed E-state index contributed by atoms with van der Waals surface area (Å²) in [6.45, 7) is 0. The maximum absolute atomic E-state index is 12.3. The topological polar surface area (TPSA) is 49.4 Å². The number of carbonyl (C=O) groups is 2. The molecule has 4 aliphatic rings. The van der Waals surface area contributed by atoms with E-state index in [1.54, 1.807) is 60.5 Å². The SMILES string of the molecule is CN1C(=O)c2ccc(cc2)C(=O)Nc2ccc1cc2. The first-order chi connectivity index (χ1) is 9.15. The Balaban J connectivity index is 2.16. The molecule has 0 fully saturated rings. The van der Waals surface area contributed by atoms with Crippen molar-refractivity contribution in [1.29, 1.82) is 0 Å². The van der Waals surface area contributed by atoms with Gasteiger partial charge in [0.25, 0.3) is 11.8 Å². The Bertz CT molecular complexity index is 645. The lowest BCUT2D eigenvalue weighted by Gasteiger charge is -2.19. The summed E-state index contributed by atoms with van der Waals surface area (Å²) in [5.74, 6) is -0.277. The van der Waals surface area contributed by atoms with Crippen LogP contribution in [0.4, 0.5) is 11.4 Å². The Kier molecular flexibility index (Phi) is 2.56. The van der Waals surface area contributed by atoms with E-state index in [1.807, 2.05) is 0 Å². The Labute approximate surface area is 110 Å². The van der Waals surface area contributed by atoms with Gasteiger partial charge in [-0.15, -0.1) is 0 Å². The van der Waals surface area contributed by atoms with Crippen LogP contribution in [0.15, 0.2) is 48.5 Å². The van der Waals surface area contributed by atoms with Crippen molar-refractivity contribution < 1.29 is 9.59 Å². The van der Waals surface area contributed by atoms with Crippen molar-refractivity contribution in [2.24, 2.45) is 0 Å². The number of anilines is 2. The summed E-state index contributed by atoms with van der Waals surface area (Å²) in [5, 5.41) is 2.81. The zero-order valence-electron chi connectivity index (χ0n) is 10.4. The highest BCUT2D eigenvalue weighted by Gasteiger charge is 2.16. The van der Waals surface area contributed by atoms with E-state index in [1.165, 1.54) is 0 Å². The second kappa shape index (κ2) is 4.24. The van der Waals surface area contributed by atoms with Gasteiger partial charge in [0, 0.05) is 29.5 Å². The normalized spacial score (nSPS) is 14.1. The molecule has 0 aromatic heterocycles. The molecule has 0 aliphatic carbocycles. The van der Waals surface area contributed by atoms with Crippen LogP contribution in [0.3, 0.4) is 0 Å². The summed E-state index contributed by atoms with van der Waals surface area (Å²) in [6.07, 6.45) is 0. The maximum Gasteiger partial charge on any atom is 0.258 e. The third-order valence-corrected chi connectivity index (χ3v) is 3.21. The number of hydrogen-bond donors (Lipinski definition) is 1. The molecule has 4 heteroatoms. The monoisotopic (exact) mass is 252 g/mol. The fourth-order valence-corrected chi connectivity index (χ4v) is 2.05. The van der Waals surface area contributed by atoms with Crippen LogP contribution in [0.1, 0.15) is 20.7 Å². The molecule has 0 spiro atoms. The van der Waals surface area contributed by atoms with E-state index in [2.05, 4.69) is 5.32 Å². The summed E-state index contributed by atoms with van der Waals surface area (Å²) in [5.41, 5.74) is 2.58. The van der Waals surface area contributed by atoms with E-state index in [-0.39, 0.29) is 11.8 Å². The second-order valence-electron chi connectivity index (χ2n) is 4.44. The first-order valence-electron chi connectivity index (χ1n) is 5.95. The number of nitrogens with zero attached hydrogens (tertiary/aromatic N) is 1. The zero-order valence-corrected chi connectivity index (χ0v) is 10.4. The highest BCUT2D eigenvalue weighted by atomic mass is 16.2. The van der Waals surface area contributed by atoms with Crippen molar-refractivity contribution in [3.05, 3.63) is 59.7 Å². The van der Waals surface area contributed by atoms with Crippen molar-refractivity contribution >= 4 is 23.2 Å². The fourth-order valence-electron chi connectivity index (χ4n) is 2.05. The molecule has 1 N–H and O–H groups in total. The average Bonchev–Trinajstić information content (AvgIpc) is 2.46. The van der Waals surface area contributed by atoms with Crippen LogP contribution in [-0.4, -0.2) is 18.9 Å². The van der Waals surface area contributed by atoms with Crippen molar-refractivity contribution in [3.8, 4) is 0 Å². The standard InChI is InChI=1S/C15H12N2O2/c1-17-13-8-6-12(7-9-13)16-14(18)10-2-4-11(5-3-10)15(17)19/h2-9H,1H3,(H,16,18). The van der Waals surface area contributed by atoms with Crippen LogP contribution in [0, 0.1) is 0 Å². The van der Waals surface area contributed by atoms with Gasteiger partial charge in [-0.3, -0.25) is 9.59 Å². The molecule has 0 saturated heterocycles. The summed E-state index contributed by atoms with van der Waals surface area (Å²) in [4.78, 5) is 25.8. The Hall–Kier alpha value is -2.62. The van der Waals surface area contributed by atoms with Crippen LogP contribution in [-0.2, 0) is 0 Å². The Morgan fingerprint density at radius 1 is 0.842 bits per heavy atom. The predicted molar refractivity (Wildman–Crippen MR) is 73.6 cm³/mol. The fraction of sp³-hybridized carbons (Fsp3) is 0.0667. The molecule has 2 aromatic rings. The molecule has 0 atom stereocenters. The average molecular weight is 252 g/mol.